The molecule has 0 spiro atoms. The lowest BCUT2D eigenvalue weighted by Gasteiger charge is -2.06. The molecule has 1 aromatic carbocycles. The largest absolute Gasteiger partial charge is 0.352 e. The van der Waals surface area contributed by atoms with E-state index in [1.165, 1.54) is 0 Å². The Kier molecular flexibility index (Phi) is 6.18. The molecule has 6 nitrogen and oxygen atoms in total. The standard InChI is InChI=1S/C13H17N3O3S/c14-8-3-6-11-5-1-2-7-12(11)13(17)16-9-4-10-20(15,18)19/h1-2,5,7H,4,8-10,14H2,(H,16,17)(H2,15,18,19). The molecule has 0 fully saturated rings. The van der Waals surface area contributed by atoms with Crippen molar-refractivity contribution in [2.24, 2.45) is 10.9 Å². The minimum absolute atomic E-state index is 0.165. The van der Waals surface area contributed by atoms with Gasteiger partial charge in [0.2, 0.25) is 10.0 Å². The van der Waals surface area contributed by atoms with Crippen molar-refractivity contribution in [3.05, 3.63) is 35.4 Å². The third-order valence-corrected chi connectivity index (χ3v) is 3.25. The Bertz CT molecular complexity index is 630. The monoisotopic (exact) mass is 295 g/mol. The summed E-state index contributed by atoms with van der Waals surface area (Å²) in [6.07, 6.45) is 0.265. The van der Waals surface area contributed by atoms with Gasteiger partial charge in [-0.15, -0.1) is 0 Å². The molecule has 0 bridgehead atoms. The molecule has 0 aliphatic heterocycles. The van der Waals surface area contributed by atoms with Crippen molar-refractivity contribution in [1.29, 1.82) is 0 Å². The van der Waals surface area contributed by atoms with Crippen LogP contribution < -0.4 is 16.2 Å². The van der Waals surface area contributed by atoms with Crippen LogP contribution in [-0.2, 0) is 10.0 Å². The van der Waals surface area contributed by atoms with E-state index < -0.39 is 10.0 Å². The van der Waals surface area contributed by atoms with E-state index in [1.54, 1.807) is 24.3 Å². The number of amides is 1. The SMILES string of the molecule is NCC#Cc1ccccc1C(=O)NCCCS(N)(=O)=O. The first kappa shape index (κ1) is 16.2. The van der Waals surface area contributed by atoms with Crippen molar-refractivity contribution in [3.63, 3.8) is 0 Å². The number of nitrogens with one attached hydrogen (secondary N) is 1. The fourth-order valence-electron chi connectivity index (χ4n) is 1.51. The van der Waals surface area contributed by atoms with Gasteiger partial charge in [-0.3, -0.25) is 4.79 Å². The van der Waals surface area contributed by atoms with Gasteiger partial charge in [-0.25, -0.2) is 13.6 Å². The molecule has 0 aromatic heterocycles. The van der Waals surface area contributed by atoms with Gasteiger partial charge in [-0.1, -0.05) is 24.0 Å². The van der Waals surface area contributed by atoms with Gasteiger partial charge in [0, 0.05) is 12.1 Å². The zero-order chi connectivity index (χ0) is 15.0. The van der Waals surface area contributed by atoms with Crippen molar-refractivity contribution >= 4 is 15.9 Å². The zero-order valence-corrected chi connectivity index (χ0v) is 11.7. The third-order valence-electron chi connectivity index (χ3n) is 2.39. The van der Waals surface area contributed by atoms with Crippen LogP contribution in [0.1, 0.15) is 22.3 Å². The van der Waals surface area contributed by atoms with E-state index in [4.69, 9.17) is 10.9 Å². The predicted molar refractivity (Wildman–Crippen MR) is 77.3 cm³/mol. The number of hydrogen-bond acceptors (Lipinski definition) is 4. The maximum Gasteiger partial charge on any atom is 0.252 e. The van der Waals surface area contributed by atoms with Gasteiger partial charge in [0.1, 0.15) is 0 Å². The summed E-state index contributed by atoms with van der Waals surface area (Å²) in [6, 6.07) is 6.88. The molecule has 0 unspecified atom stereocenters. The van der Waals surface area contributed by atoms with Crippen LogP contribution in [0, 0.1) is 11.8 Å². The first-order valence-corrected chi connectivity index (χ1v) is 7.72. The Labute approximate surface area is 118 Å². The Morgan fingerprint density at radius 1 is 1.30 bits per heavy atom. The number of rotatable bonds is 5. The molecule has 7 heteroatoms. The summed E-state index contributed by atoms with van der Waals surface area (Å²) in [6.45, 7) is 0.443. The van der Waals surface area contributed by atoms with Crippen LogP contribution in [0.2, 0.25) is 0 Å². The average molecular weight is 295 g/mol. The number of hydrogen-bond donors (Lipinski definition) is 3. The highest BCUT2D eigenvalue weighted by Crippen LogP contribution is 2.07. The summed E-state index contributed by atoms with van der Waals surface area (Å²) in [5.41, 5.74) is 6.32. The smallest absolute Gasteiger partial charge is 0.252 e. The second-order valence-electron chi connectivity index (χ2n) is 4.03. The van der Waals surface area contributed by atoms with Crippen LogP contribution in [-0.4, -0.2) is 33.2 Å². The van der Waals surface area contributed by atoms with Gasteiger partial charge in [0.05, 0.1) is 17.9 Å². The average Bonchev–Trinajstić information content (AvgIpc) is 2.40. The topological polar surface area (TPSA) is 115 Å². The number of nitrogens with two attached hydrogens (primary N) is 2. The molecule has 5 N–H and O–H groups in total. The molecule has 1 aromatic rings. The maximum absolute atomic E-state index is 12.0. The third kappa shape index (κ3) is 5.84. The maximum atomic E-state index is 12.0. The number of benzene rings is 1. The normalized spacial score (nSPS) is 10.5. The van der Waals surface area contributed by atoms with E-state index in [2.05, 4.69) is 17.2 Å². The Morgan fingerprint density at radius 3 is 2.65 bits per heavy atom. The fraction of sp³-hybridized carbons (Fsp3) is 0.308. The van der Waals surface area contributed by atoms with Gasteiger partial charge >= 0.3 is 0 Å². The summed E-state index contributed by atoms with van der Waals surface area (Å²) < 4.78 is 21.5. The predicted octanol–water partition coefficient (Wildman–Crippen LogP) is -0.595. The molecule has 0 saturated heterocycles. The summed E-state index contributed by atoms with van der Waals surface area (Å²) in [4.78, 5) is 12.0. The van der Waals surface area contributed by atoms with E-state index in [0.717, 1.165) is 0 Å². The van der Waals surface area contributed by atoms with Crippen molar-refractivity contribution in [2.45, 2.75) is 6.42 Å². The van der Waals surface area contributed by atoms with Crippen molar-refractivity contribution in [2.75, 3.05) is 18.8 Å². The lowest BCUT2D eigenvalue weighted by molar-refractivity contribution is 0.0953. The molecular formula is C13H17N3O3S. The molecule has 0 heterocycles. The number of sulfonamides is 1. The van der Waals surface area contributed by atoms with E-state index in [1.807, 2.05) is 0 Å². The molecular weight excluding hydrogens is 278 g/mol. The first-order valence-electron chi connectivity index (χ1n) is 6.00. The van der Waals surface area contributed by atoms with Crippen LogP contribution in [0.4, 0.5) is 0 Å². The highest BCUT2D eigenvalue weighted by molar-refractivity contribution is 7.89. The molecule has 0 aliphatic carbocycles. The summed E-state index contributed by atoms with van der Waals surface area (Å²) in [7, 11) is -3.49. The molecule has 20 heavy (non-hydrogen) atoms. The van der Waals surface area contributed by atoms with E-state index in [-0.39, 0.29) is 31.2 Å². The van der Waals surface area contributed by atoms with Gasteiger partial charge in [0.15, 0.2) is 0 Å². The van der Waals surface area contributed by atoms with Gasteiger partial charge in [-0.05, 0) is 18.6 Å². The van der Waals surface area contributed by atoms with Gasteiger partial charge in [0.25, 0.3) is 5.91 Å². The Morgan fingerprint density at radius 2 is 2.00 bits per heavy atom. The van der Waals surface area contributed by atoms with Crippen LogP contribution >= 0.6 is 0 Å². The highest BCUT2D eigenvalue weighted by Gasteiger charge is 2.09. The molecule has 108 valence electrons. The minimum Gasteiger partial charge on any atom is -0.352 e. The van der Waals surface area contributed by atoms with E-state index in [0.29, 0.717) is 11.1 Å². The first-order chi connectivity index (χ1) is 9.44. The molecule has 0 saturated carbocycles. The summed E-state index contributed by atoms with van der Waals surface area (Å²) >= 11 is 0. The van der Waals surface area contributed by atoms with E-state index in [9.17, 15) is 13.2 Å². The van der Waals surface area contributed by atoms with Gasteiger partial charge in [-0.2, -0.15) is 0 Å². The van der Waals surface area contributed by atoms with E-state index >= 15 is 0 Å². The Hall–Kier alpha value is -1.88. The van der Waals surface area contributed by atoms with Crippen molar-refractivity contribution < 1.29 is 13.2 Å². The van der Waals surface area contributed by atoms with Crippen molar-refractivity contribution in [3.8, 4) is 11.8 Å². The molecule has 1 rings (SSSR count). The molecule has 0 atom stereocenters. The second-order valence-corrected chi connectivity index (χ2v) is 5.76. The Balaban J connectivity index is 2.64. The van der Waals surface area contributed by atoms with Gasteiger partial charge < -0.3 is 11.1 Å². The van der Waals surface area contributed by atoms with Crippen LogP contribution in [0.15, 0.2) is 24.3 Å². The number of carbonyl (C=O) groups excluding carboxylic acids is 1. The zero-order valence-electron chi connectivity index (χ0n) is 10.9. The fourth-order valence-corrected chi connectivity index (χ4v) is 2.05. The summed E-state index contributed by atoms with van der Waals surface area (Å²) in [5.74, 6) is 5.04. The van der Waals surface area contributed by atoms with Crippen LogP contribution in [0.5, 0.6) is 0 Å². The minimum atomic E-state index is -3.49. The lowest BCUT2D eigenvalue weighted by atomic mass is 10.1. The molecule has 1 amide bonds. The lowest BCUT2D eigenvalue weighted by Crippen LogP contribution is -2.27. The number of primary sulfonamides is 1. The highest BCUT2D eigenvalue weighted by atomic mass is 32.2. The second kappa shape index (κ2) is 7.65. The van der Waals surface area contributed by atoms with Crippen molar-refractivity contribution in [1.82, 2.24) is 5.32 Å². The molecule has 0 radical (unpaired) electrons. The van der Waals surface area contributed by atoms with Crippen LogP contribution in [0.25, 0.3) is 0 Å². The summed E-state index contributed by atoms with van der Waals surface area (Å²) in [5, 5.41) is 7.50. The molecule has 0 aliphatic rings. The van der Waals surface area contributed by atoms with Crippen LogP contribution in [0.3, 0.4) is 0 Å². The number of carbonyl (C=O) groups is 1. The quantitative estimate of drug-likeness (QED) is 0.497.